The Kier molecular flexibility index (Phi) is 3.80. The maximum Gasteiger partial charge on any atom is 0.300 e. The van der Waals surface area contributed by atoms with Crippen LogP contribution in [0.4, 0.5) is 5.69 Å². The molecule has 1 heterocycles. The summed E-state index contributed by atoms with van der Waals surface area (Å²) in [6.07, 6.45) is 2.84. The number of aromatic nitrogens is 2. The summed E-state index contributed by atoms with van der Waals surface area (Å²) in [5.41, 5.74) is 1.69. The van der Waals surface area contributed by atoms with E-state index in [4.69, 9.17) is 0 Å². The lowest BCUT2D eigenvalue weighted by Crippen LogP contribution is -2.32. The molecule has 0 saturated carbocycles. The molecular weight excluding hydrogens is 262 g/mol. The monoisotopic (exact) mass is 277 g/mol. The van der Waals surface area contributed by atoms with E-state index >= 15 is 0 Å². The van der Waals surface area contributed by atoms with Gasteiger partial charge in [0, 0.05) is 18.9 Å². The highest BCUT2D eigenvalue weighted by atomic mass is 32.2. The molecule has 2 aromatic rings. The van der Waals surface area contributed by atoms with Crippen molar-refractivity contribution >= 4 is 15.7 Å². The van der Waals surface area contributed by atoms with Crippen LogP contribution in [0.1, 0.15) is 12.5 Å². The van der Waals surface area contributed by atoms with Gasteiger partial charge in [0.2, 0.25) is 0 Å². The Labute approximate surface area is 113 Å². The van der Waals surface area contributed by atoms with Gasteiger partial charge in [-0.3, -0.25) is 4.31 Å². The summed E-state index contributed by atoms with van der Waals surface area (Å²) in [5.74, 6) is 0. The van der Waals surface area contributed by atoms with Crippen molar-refractivity contribution in [3.8, 4) is 0 Å². The quantitative estimate of drug-likeness (QED) is 0.802. The van der Waals surface area contributed by atoms with Crippen molar-refractivity contribution in [1.29, 1.82) is 0 Å². The summed E-state index contributed by atoms with van der Waals surface area (Å²) >= 11 is 0. The van der Waals surface area contributed by atoms with E-state index in [9.17, 15) is 8.42 Å². The largest absolute Gasteiger partial charge is 0.300 e. The molecule has 0 atom stereocenters. The summed E-state index contributed by atoms with van der Waals surface area (Å²) in [6, 6.07) is 8.89. The average Bonchev–Trinajstić information content (AvgIpc) is 2.42. The van der Waals surface area contributed by atoms with E-state index in [2.05, 4.69) is 9.97 Å². The Morgan fingerprint density at radius 3 is 2.21 bits per heavy atom. The van der Waals surface area contributed by atoms with E-state index in [0.717, 1.165) is 5.56 Å². The number of anilines is 1. The predicted octanol–water partition coefficient (Wildman–Crippen LogP) is 2.00. The van der Waals surface area contributed by atoms with E-state index in [1.165, 1.54) is 16.7 Å². The third kappa shape index (κ3) is 2.73. The van der Waals surface area contributed by atoms with Crippen molar-refractivity contribution < 1.29 is 8.42 Å². The van der Waals surface area contributed by atoms with Gasteiger partial charge in [0.25, 0.3) is 15.2 Å². The van der Waals surface area contributed by atoms with Crippen LogP contribution in [0.15, 0.2) is 47.9 Å². The molecule has 1 aromatic heterocycles. The topological polar surface area (TPSA) is 63.2 Å². The molecule has 0 radical (unpaired) electrons. The molecule has 0 aliphatic heterocycles. The minimum atomic E-state index is -3.71. The Morgan fingerprint density at radius 2 is 1.68 bits per heavy atom. The zero-order valence-corrected chi connectivity index (χ0v) is 11.6. The molecule has 0 aliphatic carbocycles. The van der Waals surface area contributed by atoms with Crippen LogP contribution >= 0.6 is 0 Å². The summed E-state index contributed by atoms with van der Waals surface area (Å²) in [4.78, 5) is 7.64. The SMILES string of the molecule is CCN(c1ccc(C)cc1)S(=O)(=O)c1ncccn1. The molecule has 0 saturated heterocycles. The van der Waals surface area contributed by atoms with Crippen molar-refractivity contribution in [3.63, 3.8) is 0 Å². The number of benzene rings is 1. The van der Waals surface area contributed by atoms with Crippen molar-refractivity contribution in [1.82, 2.24) is 9.97 Å². The third-order valence-electron chi connectivity index (χ3n) is 2.67. The summed E-state index contributed by atoms with van der Waals surface area (Å²) < 4.78 is 26.2. The molecule has 0 amide bonds. The average molecular weight is 277 g/mol. The number of rotatable bonds is 4. The smallest absolute Gasteiger partial charge is 0.264 e. The lowest BCUT2D eigenvalue weighted by Gasteiger charge is -2.21. The second kappa shape index (κ2) is 5.36. The number of hydrogen-bond acceptors (Lipinski definition) is 4. The first kappa shape index (κ1) is 13.5. The molecule has 19 heavy (non-hydrogen) atoms. The minimum Gasteiger partial charge on any atom is -0.264 e. The van der Waals surface area contributed by atoms with E-state index in [-0.39, 0.29) is 5.16 Å². The van der Waals surface area contributed by atoms with Crippen LogP contribution in [0.2, 0.25) is 0 Å². The van der Waals surface area contributed by atoms with Gasteiger partial charge in [-0.1, -0.05) is 17.7 Å². The molecule has 1 aromatic carbocycles. The number of aryl methyl sites for hydroxylation is 1. The summed E-state index contributed by atoms with van der Waals surface area (Å²) in [5, 5.41) is -0.183. The first-order valence-corrected chi connectivity index (χ1v) is 7.36. The standard InChI is InChI=1S/C13H15N3O2S/c1-3-16(12-7-5-11(2)6-8-12)19(17,18)13-14-9-4-10-15-13/h4-10H,3H2,1-2H3. The van der Waals surface area contributed by atoms with E-state index in [1.807, 2.05) is 19.1 Å². The van der Waals surface area contributed by atoms with Crippen LogP contribution in [-0.2, 0) is 10.0 Å². The molecule has 6 heteroatoms. The first-order valence-electron chi connectivity index (χ1n) is 5.92. The number of hydrogen-bond donors (Lipinski definition) is 0. The van der Waals surface area contributed by atoms with Gasteiger partial charge < -0.3 is 0 Å². The molecule has 0 aliphatic rings. The second-order valence-electron chi connectivity index (χ2n) is 4.04. The van der Waals surface area contributed by atoms with Crippen LogP contribution in [0.5, 0.6) is 0 Å². The van der Waals surface area contributed by atoms with Crippen molar-refractivity contribution in [2.24, 2.45) is 0 Å². The van der Waals surface area contributed by atoms with E-state index in [1.54, 1.807) is 25.1 Å². The molecule has 0 bridgehead atoms. The van der Waals surface area contributed by atoms with Crippen molar-refractivity contribution in [2.75, 3.05) is 10.8 Å². The van der Waals surface area contributed by atoms with Crippen LogP contribution in [0, 0.1) is 6.92 Å². The number of sulfonamides is 1. The highest BCUT2D eigenvalue weighted by molar-refractivity contribution is 7.92. The fraction of sp³-hybridized carbons (Fsp3) is 0.231. The maximum atomic E-state index is 12.4. The summed E-state index contributed by atoms with van der Waals surface area (Å²) in [7, 11) is -3.71. The van der Waals surface area contributed by atoms with Gasteiger partial charge in [0.1, 0.15) is 0 Å². The Bertz CT molecular complexity index is 639. The predicted molar refractivity (Wildman–Crippen MR) is 73.4 cm³/mol. The van der Waals surface area contributed by atoms with Gasteiger partial charge in [-0.25, -0.2) is 9.97 Å². The molecule has 0 unspecified atom stereocenters. The maximum absolute atomic E-state index is 12.4. The number of nitrogens with zero attached hydrogens (tertiary/aromatic N) is 3. The van der Waals surface area contributed by atoms with Gasteiger partial charge >= 0.3 is 0 Å². The fourth-order valence-electron chi connectivity index (χ4n) is 1.72. The van der Waals surface area contributed by atoms with Crippen molar-refractivity contribution in [2.45, 2.75) is 19.0 Å². The Morgan fingerprint density at radius 1 is 1.11 bits per heavy atom. The zero-order chi connectivity index (χ0) is 13.9. The Balaban J connectivity index is 2.45. The summed E-state index contributed by atoms with van der Waals surface area (Å²) in [6.45, 7) is 4.05. The normalized spacial score (nSPS) is 11.3. The van der Waals surface area contributed by atoms with Gasteiger partial charge in [-0.2, -0.15) is 8.42 Å². The van der Waals surface area contributed by atoms with Gasteiger partial charge in [-0.05, 0) is 32.0 Å². The molecule has 2 rings (SSSR count). The molecule has 0 fully saturated rings. The highest BCUT2D eigenvalue weighted by Gasteiger charge is 2.25. The van der Waals surface area contributed by atoms with E-state index in [0.29, 0.717) is 12.2 Å². The van der Waals surface area contributed by atoms with Crippen LogP contribution in [0.25, 0.3) is 0 Å². The van der Waals surface area contributed by atoms with Gasteiger partial charge in [0.05, 0.1) is 5.69 Å². The van der Waals surface area contributed by atoms with Crippen LogP contribution in [0.3, 0.4) is 0 Å². The van der Waals surface area contributed by atoms with E-state index < -0.39 is 10.0 Å². The van der Waals surface area contributed by atoms with Crippen molar-refractivity contribution in [3.05, 3.63) is 48.3 Å². The Hall–Kier alpha value is -1.95. The van der Waals surface area contributed by atoms with Gasteiger partial charge in [-0.15, -0.1) is 0 Å². The highest BCUT2D eigenvalue weighted by Crippen LogP contribution is 2.21. The fourth-order valence-corrected chi connectivity index (χ4v) is 3.04. The lowest BCUT2D eigenvalue weighted by atomic mass is 10.2. The van der Waals surface area contributed by atoms with Crippen LogP contribution < -0.4 is 4.31 Å². The lowest BCUT2D eigenvalue weighted by molar-refractivity contribution is 0.582. The van der Waals surface area contributed by atoms with Gasteiger partial charge in [0.15, 0.2) is 0 Å². The van der Waals surface area contributed by atoms with Crippen LogP contribution in [-0.4, -0.2) is 24.9 Å². The second-order valence-corrected chi connectivity index (χ2v) is 5.79. The molecule has 0 N–H and O–H groups in total. The molecular formula is C13H15N3O2S. The molecule has 5 nitrogen and oxygen atoms in total. The zero-order valence-electron chi connectivity index (χ0n) is 10.8. The molecule has 100 valence electrons. The minimum absolute atomic E-state index is 0.183. The molecule has 0 spiro atoms. The first-order chi connectivity index (χ1) is 9.05. The third-order valence-corrected chi connectivity index (χ3v) is 4.39.